The monoisotopic (exact) mass is 362 g/mol. The summed E-state index contributed by atoms with van der Waals surface area (Å²) >= 11 is -2.05. The average molecular weight is 361 g/mol. The molecule has 2 aromatic carbocycles. The number of rotatable bonds is 3. The van der Waals surface area contributed by atoms with E-state index in [0.29, 0.717) is 0 Å². The van der Waals surface area contributed by atoms with Gasteiger partial charge in [-0.05, 0) is 0 Å². The molecule has 2 rings (SSSR count). The molecule has 0 aliphatic rings. The van der Waals surface area contributed by atoms with Crippen molar-refractivity contribution in [1.82, 2.24) is 0 Å². The van der Waals surface area contributed by atoms with Crippen LogP contribution in [0.2, 0.25) is 21.4 Å². The second-order valence-corrected chi connectivity index (χ2v) is 41.0. The van der Waals surface area contributed by atoms with Crippen molar-refractivity contribution in [3.8, 4) is 0 Å². The van der Waals surface area contributed by atoms with Gasteiger partial charge in [-0.25, -0.2) is 0 Å². The van der Waals surface area contributed by atoms with Crippen LogP contribution in [0.3, 0.4) is 0 Å². The molecular weight excluding hydrogens is 339 g/mol. The first-order chi connectivity index (χ1) is 8.46. The van der Waals surface area contributed by atoms with Crippen molar-refractivity contribution in [2.24, 2.45) is 0 Å². The fourth-order valence-electron chi connectivity index (χ4n) is 2.58. The zero-order valence-corrected chi connectivity index (χ0v) is 15.6. The molecule has 0 saturated heterocycles. The van der Waals surface area contributed by atoms with Gasteiger partial charge < -0.3 is 0 Å². The Morgan fingerprint density at radius 3 is 1.28 bits per heavy atom. The average Bonchev–Trinajstić information content (AvgIpc) is 2.38. The summed E-state index contributed by atoms with van der Waals surface area (Å²) in [7, 11) is 0. The van der Waals surface area contributed by atoms with Gasteiger partial charge in [0.15, 0.2) is 0 Å². The Balaban J connectivity index is 2.63. The van der Waals surface area contributed by atoms with Crippen LogP contribution in [0.5, 0.6) is 0 Å². The third kappa shape index (κ3) is 2.43. The summed E-state index contributed by atoms with van der Waals surface area (Å²) in [6.45, 7) is 2.58. The molecule has 0 atom stereocenters. The molecule has 0 N–H and O–H groups in total. The van der Waals surface area contributed by atoms with Gasteiger partial charge in [0.05, 0.1) is 0 Å². The van der Waals surface area contributed by atoms with E-state index < -0.39 is 23.2 Å². The Morgan fingerprint density at radius 2 is 1.00 bits per heavy atom. The molecule has 2 aromatic rings. The fraction of sp³-hybridized carbons (Fsp3) is 0.250. The summed E-state index contributed by atoms with van der Waals surface area (Å²) in [6.07, 6.45) is 0. The van der Waals surface area contributed by atoms with E-state index in [1.165, 1.54) is 0 Å². The Bertz CT molecular complexity index is 460. The van der Waals surface area contributed by atoms with Crippen molar-refractivity contribution >= 4 is 33.5 Å². The van der Waals surface area contributed by atoms with Gasteiger partial charge in [0.25, 0.3) is 0 Å². The third-order valence-corrected chi connectivity index (χ3v) is 40.8. The molecular formula is C16H22SiSn. The summed E-state index contributed by atoms with van der Waals surface area (Å²) in [4.78, 5) is 7.75. The maximum absolute atomic E-state index is 2.58. The number of hydrogen-bond donors (Lipinski definition) is 0. The van der Waals surface area contributed by atoms with Crippen molar-refractivity contribution in [3.05, 3.63) is 60.7 Å². The number of benzene rings is 2. The van der Waals surface area contributed by atoms with Gasteiger partial charge in [0.1, 0.15) is 0 Å². The zero-order valence-electron chi connectivity index (χ0n) is 11.8. The van der Waals surface area contributed by atoms with Gasteiger partial charge >= 0.3 is 116 Å². The first-order valence-electron chi connectivity index (χ1n) is 6.57. The van der Waals surface area contributed by atoms with Gasteiger partial charge in [-0.3, -0.25) is 0 Å². The predicted molar refractivity (Wildman–Crippen MR) is 87.1 cm³/mol. The minimum absolute atomic E-state index is 1.49. The standard InChI is InChI=1S/C13H13Si.3CH3.Sn/c1-14(12-8-4-2-5-9-12)13-10-6-3-7-11-13;;;;/h2-11H,1H3;3*1H3;. The van der Waals surface area contributed by atoms with Crippen molar-refractivity contribution in [1.29, 1.82) is 0 Å². The SMILES string of the molecule is C[Si](c1ccccc1)(c1ccccc1)[Sn]([CH3])([CH3])[CH3]. The van der Waals surface area contributed by atoms with Crippen molar-refractivity contribution in [2.75, 3.05) is 0 Å². The van der Waals surface area contributed by atoms with E-state index in [4.69, 9.17) is 0 Å². The summed E-state index contributed by atoms with van der Waals surface area (Å²) in [5.74, 6) is 0. The van der Waals surface area contributed by atoms with E-state index in [2.05, 4.69) is 82.0 Å². The molecule has 0 bridgehead atoms. The van der Waals surface area contributed by atoms with Crippen LogP contribution in [-0.2, 0) is 0 Å². The molecule has 18 heavy (non-hydrogen) atoms. The van der Waals surface area contributed by atoms with Crippen LogP contribution in [0.1, 0.15) is 0 Å². The quantitative estimate of drug-likeness (QED) is 0.736. The summed E-state index contributed by atoms with van der Waals surface area (Å²) in [5.41, 5.74) is -1.49. The maximum atomic E-state index is 2.58. The van der Waals surface area contributed by atoms with Gasteiger partial charge in [-0.15, -0.1) is 0 Å². The van der Waals surface area contributed by atoms with E-state index in [1.54, 1.807) is 10.4 Å². The second-order valence-electron chi connectivity index (χ2n) is 6.11. The van der Waals surface area contributed by atoms with Crippen molar-refractivity contribution in [2.45, 2.75) is 21.4 Å². The topological polar surface area (TPSA) is 0 Å². The Kier molecular flexibility index (Phi) is 4.02. The van der Waals surface area contributed by atoms with Gasteiger partial charge in [0, 0.05) is 0 Å². The predicted octanol–water partition coefficient (Wildman–Crippen LogP) is 3.30. The normalized spacial score (nSPS) is 12.4. The van der Waals surface area contributed by atoms with Crippen LogP contribution >= 0.6 is 0 Å². The van der Waals surface area contributed by atoms with E-state index in [1.807, 2.05) is 0 Å². The van der Waals surface area contributed by atoms with Crippen LogP contribution in [0.15, 0.2) is 60.7 Å². The molecule has 0 aliphatic carbocycles. The minimum atomic E-state index is -2.05. The Hall–Kier alpha value is -0.544. The van der Waals surface area contributed by atoms with Crippen LogP contribution in [0, 0.1) is 0 Å². The molecule has 0 heterocycles. The van der Waals surface area contributed by atoms with E-state index in [9.17, 15) is 0 Å². The van der Waals surface area contributed by atoms with Crippen LogP contribution in [0.25, 0.3) is 0 Å². The van der Waals surface area contributed by atoms with Crippen LogP contribution < -0.4 is 10.4 Å². The van der Waals surface area contributed by atoms with E-state index in [0.717, 1.165) is 0 Å². The molecule has 0 saturated carbocycles. The van der Waals surface area contributed by atoms with E-state index >= 15 is 0 Å². The summed E-state index contributed by atoms with van der Waals surface area (Å²) in [5, 5.41) is 3.22. The summed E-state index contributed by atoms with van der Waals surface area (Å²) in [6, 6.07) is 22.4. The zero-order chi connectivity index (χ0) is 13.2. The van der Waals surface area contributed by atoms with E-state index in [-0.39, 0.29) is 0 Å². The molecule has 94 valence electrons. The Labute approximate surface area is 115 Å². The molecule has 2 heteroatoms. The van der Waals surface area contributed by atoms with Crippen LogP contribution in [0.4, 0.5) is 0 Å². The Morgan fingerprint density at radius 1 is 0.667 bits per heavy atom. The number of hydrogen-bond acceptors (Lipinski definition) is 0. The molecule has 0 unspecified atom stereocenters. The fourth-order valence-corrected chi connectivity index (χ4v) is 24.0. The first-order valence-corrected chi connectivity index (χ1v) is 21.9. The van der Waals surface area contributed by atoms with Crippen molar-refractivity contribution < 1.29 is 0 Å². The summed E-state index contributed by atoms with van der Waals surface area (Å²) < 4.78 is 0. The van der Waals surface area contributed by atoms with Crippen molar-refractivity contribution in [3.63, 3.8) is 0 Å². The van der Waals surface area contributed by atoms with Crippen LogP contribution in [-0.4, -0.2) is 23.2 Å². The van der Waals surface area contributed by atoms with Gasteiger partial charge in [0.2, 0.25) is 0 Å². The molecule has 0 fully saturated rings. The molecule has 0 nitrogen and oxygen atoms in total. The first kappa shape index (κ1) is 13.9. The van der Waals surface area contributed by atoms with Gasteiger partial charge in [-0.1, -0.05) is 0 Å². The molecule has 0 spiro atoms. The third-order valence-electron chi connectivity index (χ3n) is 4.20. The molecule has 0 aromatic heterocycles. The molecule has 0 aliphatic heterocycles. The second kappa shape index (κ2) is 5.21. The molecule has 0 amide bonds. The van der Waals surface area contributed by atoms with Gasteiger partial charge in [-0.2, -0.15) is 0 Å². The molecule has 0 radical (unpaired) electrons.